The van der Waals surface area contributed by atoms with Gasteiger partial charge in [0.05, 0.1) is 24.4 Å². The molecule has 5 nitrogen and oxygen atoms in total. The summed E-state index contributed by atoms with van der Waals surface area (Å²) < 4.78 is 11.0. The number of thiophene rings is 1. The summed E-state index contributed by atoms with van der Waals surface area (Å²) in [6.45, 7) is 0.750. The monoisotopic (exact) mass is 396 g/mol. The van der Waals surface area contributed by atoms with E-state index in [0.717, 1.165) is 59.9 Å². The summed E-state index contributed by atoms with van der Waals surface area (Å²) in [6.07, 6.45) is 4.48. The van der Waals surface area contributed by atoms with Crippen LogP contribution in [0.15, 0.2) is 52.4 Å². The largest absolute Gasteiger partial charge is 0.496 e. The molecule has 3 heterocycles. The summed E-state index contributed by atoms with van der Waals surface area (Å²) in [5.74, 6) is 1.63. The predicted octanol–water partition coefficient (Wildman–Crippen LogP) is 5.10. The summed E-state index contributed by atoms with van der Waals surface area (Å²) in [5.41, 5.74) is 1.76. The summed E-state index contributed by atoms with van der Waals surface area (Å²) >= 11 is 1.62. The molecule has 1 saturated heterocycles. The molecule has 1 amide bonds. The zero-order chi connectivity index (χ0) is 19.3. The lowest BCUT2D eigenvalue weighted by Gasteiger charge is -2.29. The van der Waals surface area contributed by atoms with Crippen molar-refractivity contribution in [2.45, 2.75) is 38.1 Å². The molecule has 0 saturated carbocycles. The van der Waals surface area contributed by atoms with E-state index in [2.05, 4.69) is 5.16 Å². The molecule has 3 aromatic rings. The highest BCUT2D eigenvalue weighted by Gasteiger charge is 2.29. The molecule has 1 atom stereocenters. The Morgan fingerprint density at radius 1 is 1.25 bits per heavy atom. The van der Waals surface area contributed by atoms with E-state index in [9.17, 15) is 4.79 Å². The van der Waals surface area contributed by atoms with Crippen molar-refractivity contribution in [1.29, 1.82) is 0 Å². The van der Waals surface area contributed by atoms with Crippen LogP contribution in [0, 0.1) is 0 Å². The van der Waals surface area contributed by atoms with Crippen molar-refractivity contribution in [2.75, 3.05) is 13.7 Å². The SMILES string of the molecule is COc1ccccc1CC(=O)N1CCCCCC1c1cc(-c2cccs2)on1. The summed E-state index contributed by atoms with van der Waals surface area (Å²) in [4.78, 5) is 16.3. The Labute approximate surface area is 168 Å². The lowest BCUT2D eigenvalue weighted by Crippen LogP contribution is -2.36. The number of aromatic nitrogens is 1. The molecule has 0 radical (unpaired) electrons. The Hall–Kier alpha value is -2.60. The molecule has 2 aromatic heterocycles. The third-order valence-electron chi connectivity index (χ3n) is 5.24. The van der Waals surface area contributed by atoms with Gasteiger partial charge in [-0.15, -0.1) is 11.3 Å². The molecular weight excluding hydrogens is 372 g/mol. The minimum absolute atomic E-state index is 0.0397. The molecule has 146 valence electrons. The number of hydrogen-bond donors (Lipinski definition) is 0. The van der Waals surface area contributed by atoms with Crippen molar-refractivity contribution in [3.05, 3.63) is 59.1 Å². The zero-order valence-corrected chi connectivity index (χ0v) is 16.8. The number of methoxy groups -OCH3 is 1. The summed E-state index contributed by atoms with van der Waals surface area (Å²) in [6, 6.07) is 13.7. The first-order valence-electron chi connectivity index (χ1n) is 9.68. The van der Waals surface area contributed by atoms with Crippen LogP contribution in [-0.2, 0) is 11.2 Å². The average molecular weight is 397 g/mol. The molecule has 1 fully saturated rings. The van der Waals surface area contributed by atoms with Crippen molar-refractivity contribution in [1.82, 2.24) is 10.1 Å². The van der Waals surface area contributed by atoms with E-state index < -0.39 is 0 Å². The third kappa shape index (κ3) is 3.97. The number of benzene rings is 1. The Morgan fingerprint density at radius 3 is 2.96 bits per heavy atom. The average Bonchev–Trinajstić information content (AvgIpc) is 3.36. The molecule has 0 N–H and O–H groups in total. The number of carbonyl (C=O) groups excluding carboxylic acids is 1. The van der Waals surface area contributed by atoms with Crippen LogP contribution in [-0.4, -0.2) is 29.6 Å². The smallest absolute Gasteiger partial charge is 0.227 e. The van der Waals surface area contributed by atoms with Crippen LogP contribution >= 0.6 is 11.3 Å². The van der Waals surface area contributed by atoms with Gasteiger partial charge in [-0.25, -0.2) is 0 Å². The van der Waals surface area contributed by atoms with Gasteiger partial charge >= 0.3 is 0 Å². The zero-order valence-electron chi connectivity index (χ0n) is 16.0. The van der Waals surface area contributed by atoms with Gasteiger partial charge in [0.1, 0.15) is 11.4 Å². The maximum atomic E-state index is 13.2. The van der Waals surface area contributed by atoms with Crippen LogP contribution in [0.25, 0.3) is 10.6 Å². The summed E-state index contributed by atoms with van der Waals surface area (Å²) in [5, 5.41) is 6.34. The second-order valence-electron chi connectivity index (χ2n) is 7.03. The molecular formula is C22H24N2O3S. The fourth-order valence-electron chi connectivity index (χ4n) is 3.81. The van der Waals surface area contributed by atoms with Gasteiger partial charge in [0.2, 0.25) is 5.91 Å². The predicted molar refractivity (Wildman–Crippen MR) is 109 cm³/mol. The number of hydrogen-bond acceptors (Lipinski definition) is 5. The molecule has 28 heavy (non-hydrogen) atoms. The standard InChI is InChI=1S/C22H24N2O3S/c1-26-19-10-5-4-8-16(19)14-22(25)24-12-6-2-3-9-18(24)17-15-20(27-23-17)21-11-7-13-28-21/h4-5,7-8,10-11,13,15,18H,2-3,6,9,12,14H2,1H3. The van der Waals surface area contributed by atoms with Crippen LogP contribution < -0.4 is 4.74 Å². The van der Waals surface area contributed by atoms with E-state index in [1.54, 1.807) is 18.4 Å². The van der Waals surface area contributed by atoms with E-state index in [1.807, 2.05) is 52.7 Å². The molecule has 0 aliphatic carbocycles. The van der Waals surface area contributed by atoms with Crippen molar-refractivity contribution in [2.24, 2.45) is 0 Å². The second-order valence-corrected chi connectivity index (χ2v) is 7.98. The van der Waals surface area contributed by atoms with Crippen LogP contribution in [0.2, 0.25) is 0 Å². The summed E-state index contributed by atoms with van der Waals surface area (Å²) in [7, 11) is 1.64. The Bertz CT molecular complexity index is 920. The molecule has 6 heteroatoms. The molecule has 0 bridgehead atoms. The molecule has 1 unspecified atom stereocenters. The van der Waals surface area contributed by atoms with Gasteiger partial charge in [-0.3, -0.25) is 4.79 Å². The highest BCUT2D eigenvalue weighted by Crippen LogP contribution is 2.34. The van der Waals surface area contributed by atoms with Crippen LogP contribution in [0.1, 0.15) is 43.0 Å². The highest BCUT2D eigenvalue weighted by atomic mass is 32.1. The first kappa shape index (κ1) is 18.7. The lowest BCUT2D eigenvalue weighted by molar-refractivity contribution is -0.133. The number of para-hydroxylation sites is 1. The van der Waals surface area contributed by atoms with Gasteiger partial charge in [-0.05, 0) is 30.4 Å². The van der Waals surface area contributed by atoms with Gasteiger partial charge in [0.25, 0.3) is 0 Å². The highest BCUT2D eigenvalue weighted by molar-refractivity contribution is 7.13. The Morgan fingerprint density at radius 2 is 2.14 bits per heavy atom. The number of rotatable bonds is 5. The van der Waals surface area contributed by atoms with Gasteiger partial charge in [0.15, 0.2) is 5.76 Å². The van der Waals surface area contributed by atoms with E-state index in [4.69, 9.17) is 9.26 Å². The van der Waals surface area contributed by atoms with Crippen molar-refractivity contribution in [3.63, 3.8) is 0 Å². The molecule has 0 spiro atoms. The van der Waals surface area contributed by atoms with Gasteiger partial charge in [-0.1, -0.05) is 42.3 Å². The number of nitrogens with zero attached hydrogens (tertiary/aromatic N) is 2. The maximum absolute atomic E-state index is 13.2. The quantitative estimate of drug-likeness (QED) is 0.602. The minimum atomic E-state index is -0.0397. The molecule has 1 aliphatic heterocycles. The topological polar surface area (TPSA) is 55.6 Å². The maximum Gasteiger partial charge on any atom is 0.227 e. The second kappa shape index (κ2) is 8.61. The van der Waals surface area contributed by atoms with Crippen molar-refractivity contribution in [3.8, 4) is 16.4 Å². The van der Waals surface area contributed by atoms with Crippen LogP contribution in [0.3, 0.4) is 0 Å². The molecule has 1 aliphatic rings. The Kier molecular flexibility index (Phi) is 5.76. The van der Waals surface area contributed by atoms with Gasteiger partial charge in [-0.2, -0.15) is 0 Å². The van der Waals surface area contributed by atoms with Gasteiger partial charge in [0, 0.05) is 18.2 Å². The van der Waals surface area contributed by atoms with Crippen LogP contribution in [0.4, 0.5) is 0 Å². The fraction of sp³-hybridized carbons (Fsp3) is 0.364. The van der Waals surface area contributed by atoms with Crippen molar-refractivity contribution >= 4 is 17.2 Å². The first-order valence-corrected chi connectivity index (χ1v) is 10.6. The number of carbonyl (C=O) groups is 1. The fourth-order valence-corrected chi connectivity index (χ4v) is 4.48. The van der Waals surface area contributed by atoms with E-state index >= 15 is 0 Å². The third-order valence-corrected chi connectivity index (χ3v) is 6.13. The molecule has 4 rings (SSSR count). The van der Waals surface area contributed by atoms with Crippen LogP contribution in [0.5, 0.6) is 5.75 Å². The Balaban J connectivity index is 1.57. The number of ether oxygens (including phenoxy) is 1. The van der Waals surface area contributed by atoms with Gasteiger partial charge < -0.3 is 14.2 Å². The van der Waals surface area contributed by atoms with E-state index in [-0.39, 0.29) is 11.9 Å². The minimum Gasteiger partial charge on any atom is -0.496 e. The van der Waals surface area contributed by atoms with E-state index in [1.165, 1.54) is 0 Å². The van der Waals surface area contributed by atoms with Crippen molar-refractivity contribution < 1.29 is 14.1 Å². The number of amides is 1. The lowest BCUT2D eigenvalue weighted by atomic mass is 10.0. The number of likely N-dealkylation sites (tertiary alicyclic amines) is 1. The normalized spacial score (nSPS) is 17.3. The van der Waals surface area contributed by atoms with E-state index in [0.29, 0.717) is 6.42 Å². The molecule has 1 aromatic carbocycles. The first-order chi connectivity index (χ1) is 13.8.